The zero-order valence-corrected chi connectivity index (χ0v) is 13.9. The van der Waals surface area contributed by atoms with Gasteiger partial charge in [-0.05, 0) is 50.6 Å². The second-order valence-corrected chi connectivity index (χ2v) is 6.49. The molecule has 1 aliphatic rings. The summed E-state index contributed by atoms with van der Waals surface area (Å²) >= 11 is 0. The summed E-state index contributed by atoms with van der Waals surface area (Å²) < 4.78 is 2.00. The van der Waals surface area contributed by atoms with Crippen molar-refractivity contribution in [2.45, 2.75) is 12.8 Å². The molecule has 24 heavy (non-hydrogen) atoms. The average molecular weight is 322 g/mol. The highest BCUT2D eigenvalue weighted by atomic mass is 15.2. The van der Waals surface area contributed by atoms with Crippen LogP contribution in [0.15, 0.2) is 42.9 Å². The summed E-state index contributed by atoms with van der Waals surface area (Å²) in [5, 5.41) is 3.40. The molecule has 6 nitrogen and oxygen atoms in total. The van der Waals surface area contributed by atoms with Gasteiger partial charge >= 0.3 is 0 Å². The fourth-order valence-corrected chi connectivity index (χ4v) is 3.39. The molecule has 1 N–H and O–H groups in total. The van der Waals surface area contributed by atoms with Crippen LogP contribution in [-0.4, -0.2) is 51.1 Å². The Kier molecular flexibility index (Phi) is 4.13. The van der Waals surface area contributed by atoms with Crippen molar-refractivity contribution in [3.8, 4) is 5.82 Å². The number of imidazole rings is 1. The number of nitrogens with zero attached hydrogens (tertiary/aromatic N) is 5. The number of nitrogens with one attached hydrogen (secondary N) is 1. The Hall–Kier alpha value is -2.47. The van der Waals surface area contributed by atoms with Gasteiger partial charge in [0.15, 0.2) is 0 Å². The summed E-state index contributed by atoms with van der Waals surface area (Å²) in [5.41, 5.74) is 2.02. The van der Waals surface area contributed by atoms with E-state index in [0.717, 1.165) is 29.9 Å². The molecule has 124 valence electrons. The van der Waals surface area contributed by atoms with E-state index in [-0.39, 0.29) is 0 Å². The van der Waals surface area contributed by atoms with E-state index in [0.29, 0.717) is 11.9 Å². The van der Waals surface area contributed by atoms with Gasteiger partial charge in [0.1, 0.15) is 12.1 Å². The van der Waals surface area contributed by atoms with Crippen molar-refractivity contribution in [3.05, 3.63) is 42.9 Å². The molecule has 3 aromatic rings. The number of likely N-dealkylation sites (tertiary alicyclic amines) is 1. The Balaban J connectivity index is 1.51. The molecule has 6 heteroatoms. The lowest BCUT2D eigenvalue weighted by Crippen LogP contribution is -2.35. The second-order valence-electron chi connectivity index (χ2n) is 6.49. The normalized spacial score (nSPS) is 18.8. The number of benzene rings is 1. The monoisotopic (exact) mass is 322 g/mol. The summed E-state index contributed by atoms with van der Waals surface area (Å²) in [6, 6.07) is 9.98. The third-order valence-corrected chi connectivity index (χ3v) is 4.61. The van der Waals surface area contributed by atoms with Crippen LogP contribution in [-0.2, 0) is 0 Å². The maximum atomic E-state index is 4.66. The van der Waals surface area contributed by atoms with Crippen LogP contribution in [0.4, 0.5) is 5.95 Å². The molecule has 0 spiro atoms. The predicted molar refractivity (Wildman–Crippen MR) is 95.4 cm³/mol. The highest BCUT2D eigenvalue weighted by molar-refractivity contribution is 5.76. The highest BCUT2D eigenvalue weighted by Crippen LogP contribution is 2.18. The van der Waals surface area contributed by atoms with Crippen molar-refractivity contribution in [2.24, 2.45) is 5.92 Å². The van der Waals surface area contributed by atoms with E-state index >= 15 is 0 Å². The number of fused-ring (bicyclic) bond motifs is 1. The minimum absolute atomic E-state index is 0.657. The average Bonchev–Trinajstić information content (AvgIpc) is 3.04. The molecule has 0 aliphatic carbocycles. The van der Waals surface area contributed by atoms with Gasteiger partial charge in [-0.25, -0.2) is 9.97 Å². The van der Waals surface area contributed by atoms with Gasteiger partial charge in [0.25, 0.3) is 0 Å². The van der Waals surface area contributed by atoms with Crippen LogP contribution in [0, 0.1) is 5.92 Å². The molecule has 0 bridgehead atoms. The van der Waals surface area contributed by atoms with Crippen molar-refractivity contribution in [3.63, 3.8) is 0 Å². The van der Waals surface area contributed by atoms with Gasteiger partial charge in [-0.15, -0.1) is 0 Å². The number of hydrogen-bond acceptors (Lipinski definition) is 5. The smallest absolute Gasteiger partial charge is 0.224 e. The molecule has 1 saturated heterocycles. The Labute approximate surface area is 141 Å². The van der Waals surface area contributed by atoms with Gasteiger partial charge in [-0.3, -0.25) is 4.57 Å². The van der Waals surface area contributed by atoms with Crippen molar-refractivity contribution < 1.29 is 0 Å². The van der Waals surface area contributed by atoms with Crippen LogP contribution in [0.2, 0.25) is 0 Å². The molecule has 3 heterocycles. The Bertz CT molecular complexity index is 827. The largest absolute Gasteiger partial charge is 0.354 e. The molecule has 1 aliphatic heterocycles. The number of aromatic nitrogens is 4. The van der Waals surface area contributed by atoms with E-state index < -0.39 is 0 Å². The summed E-state index contributed by atoms with van der Waals surface area (Å²) in [6.07, 6.45) is 6.15. The van der Waals surface area contributed by atoms with Gasteiger partial charge in [-0.2, -0.15) is 4.98 Å². The predicted octanol–water partition coefficient (Wildman–Crippen LogP) is 2.57. The molecular formula is C18H22N6. The summed E-state index contributed by atoms with van der Waals surface area (Å²) in [4.78, 5) is 15.8. The van der Waals surface area contributed by atoms with E-state index in [1.54, 1.807) is 6.20 Å². The number of hydrogen-bond donors (Lipinski definition) is 1. The van der Waals surface area contributed by atoms with Crippen LogP contribution >= 0.6 is 0 Å². The second kappa shape index (κ2) is 6.57. The standard InChI is InChI=1S/C18H22N6/c1-23-10-4-5-14(12-23)11-20-18-19-9-8-17(22-18)24-13-21-15-6-2-3-7-16(15)24/h2-3,6-9,13-14H,4-5,10-12H2,1H3,(H,19,20,22). The van der Waals surface area contributed by atoms with E-state index in [2.05, 4.69) is 38.3 Å². The molecule has 1 fully saturated rings. The summed E-state index contributed by atoms with van der Waals surface area (Å²) in [7, 11) is 2.19. The lowest BCUT2D eigenvalue weighted by Gasteiger charge is -2.29. The molecule has 4 rings (SSSR count). The number of piperidine rings is 1. The van der Waals surface area contributed by atoms with Crippen LogP contribution in [0.1, 0.15) is 12.8 Å². The first-order chi connectivity index (χ1) is 11.8. The third-order valence-electron chi connectivity index (χ3n) is 4.61. The number of rotatable bonds is 4. The van der Waals surface area contributed by atoms with Gasteiger partial charge in [-0.1, -0.05) is 12.1 Å². The number of anilines is 1. The molecule has 0 radical (unpaired) electrons. The molecule has 1 unspecified atom stereocenters. The zero-order valence-electron chi connectivity index (χ0n) is 13.9. The van der Waals surface area contributed by atoms with Crippen LogP contribution in [0.25, 0.3) is 16.9 Å². The fraction of sp³-hybridized carbons (Fsp3) is 0.389. The minimum atomic E-state index is 0.657. The molecule has 1 atom stereocenters. The first-order valence-corrected chi connectivity index (χ1v) is 8.47. The lowest BCUT2D eigenvalue weighted by atomic mass is 9.99. The van der Waals surface area contributed by atoms with Crippen molar-refractivity contribution in [1.82, 2.24) is 24.4 Å². The maximum Gasteiger partial charge on any atom is 0.224 e. The quantitative estimate of drug-likeness (QED) is 0.800. The van der Waals surface area contributed by atoms with E-state index in [1.807, 2.05) is 35.2 Å². The third kappa shape index (κ3) is 3.10. The van der Waals surface area contributed by atoms with Gasteiger partial charge in [0.05, 0.1) is 11.0 Å². The maximum absolute atomic E-state index is 4.66. The highest BCUT2D eigenvalue weighted by Gasteiger charge is 2.17. The van der Waals surface area contributed by atoms with Crippen LogP contribution in [0.3, 0.4) is 0 Å². The topological polar surface area (TPSA) is 58.9 Å². The Morgan fingerprint density at radius 2 is 2.12 bits per heavy atom. The molecule has 0 saturated carbocycles. The summed E-state index contributed by atoms with van der Waals surface area (Å²) in [5.74, 6) is 2.17. The van der Waals surface area contributed by atoms with Crippen LogP contribution in [0.5, 0.6) is 0 Å². The van der Waals surface area contributed by atoms with Crippen LogP contribution < -0.4 is 5.32 Å². The van der Waals surface area contributed by atoms with Gasteiger partial charge in [0, 0.05) is 19.3 Å². The molecule has 1 aromatic carbocycles. The van der Waals surface area contributed by atoms with E-state index in [4.69, 9.17) is 0 Å². The van der Waals surface area contributed by atoms with E-state index in [9.17, 15) is 0 Å². The fourth-order valence-electron chi connectivity index (χ4n) is 3.39. The lowest BCUT2D eigenvalue weighted by molar-refractivity contribution is 0.217. The minimum Gasteiger partial charge on any atom is -0.354 e. The number of para-hydroxylation sites is 2. The van der Waals surface area contributed by atoms with E-state index in [1.165, 1.54) is 19.4 Å². The zero-order chi connectivity index (χ0) is 16.4. The SMILES string of the molecule is CN1CCCC(CNc2nccc(-n3cnc4ccccc43)n2)C1. The van der Waals surface area contributed by atoms with Crippen molar-refractivity contribution in [2.75, 3.05) is 32.0 Å². The molecule has 2 aromatic heterocycles. The van der Waals surface area contributed by atoms with Crippen molar-refractivity contribution >= 4 is 17.0 Å². The van der Waals surface area contributed by atoms with Gasteiger partial charge in [0.2, 0.25) is 5.95 Å². The molecular weight excluding hydrogens is 300 g/mol. The first kappa shape index (κ1) is 15.1. The molecule has 0 amide bonds. The van der Waals surface area contributed by atoms with Crippen molar-refractivity contribution in [1.29, 1.82) is 0 Å². The Morgan fingerprint density at radius 1 is 1.21 bits per heavy atom. The first-order valence-electron chi connectivity index (χ1n) is 8.47. The summed E-state index contributed by atoms with van der Waals surface area (Å²) in [6.45, 7) is 3.26. The Morgan fingerprint density at radius 3 is 3.04 bits per heavy atom. The van der Waals surface area contributed by atoms with Gasteiger partial charge < -0.3 is 10.2 Å².